The number of rotatable bonds is 75. The van der Waals surface area contributed by atoms with E-state index in [1.54, 1.807) is 0 Å². The molecular weight excluding hydrogens is 1140 g/mol. The molecule has 0 radical (unpaired) electrons. The van der Waals surface area contributed by atoms with E-state index in [2.05, 4.69) is 50.4 Å². The van der Waals surface area contributed by atoms with Crippen LogP contribution in [0.15, 0.2) is 36.5 Å². The van der Waals surface area contributed by atoms with Gasteiger partial charge in [0, 0.05) is 12.8 Å². The summed E-state index contributed by atoms with van der Waals surface area (Å²) >= 11 is 0. The van der Waals surface area contributed by atoms with Crippen LogP contribution in [0.4, 0.5) is 0 Å². The fourth-order valence-corrected chi connectivity index (χ4v) is 13.1. The Morgan fingerprint density at radius 2 is 0.670 bits per heavy atom. The second-order valence-corrected chi connectivity index (χ2v) is 30.3. The van der Waals surface area contributed by atoms with E-state index in [0.29, 0.717) is 17.4 Å². The second kappa shape index (κ2) is 71.0. The molecule has 0 saturated heterocycles. The highest BCUT2D eigenvalue weighted by atomic mass is 31.2. The molecule has 3 unspecified atom stereocenters. The summed E-state index contributed by atoms with van der Waals surface area (Å²) in [4.78, 5) is 40.3. The van der Waals surface area contributed by atoms with Crippen LogP contribution in [0.25, 0.3) is 0 Å². The van der Waals surface area contributed by atoms with Gasteiger partial charge in [-0.2, -0.15) is 0 Å². The monoisotopic (exact) mass is 1300 g/mol. The molecule has 0 saturated carbocycles. The van der Waals surface area contributed by atoms with Gasteiger partial charge in [0.05, 0.1) is 33.8 Å². The third-order valence-corrected chi connectivity index (χ3v) is 19.5. The molecule has 1 amide bonds. The first-order valence-corrected chi connectivity index (χ1v) is 41.8. The van der Waals surface area contributed by atoms with E-state index in [9.17, 15) is 19.0 Å². The number of nitrogens with zero attached hydrogens (tertiary/aromatic N) is 1. The van der Waals surface area contributed by atoms with Gasteiger partial charge in [0.25, 0.3) is 7.82 Å². The normalized spacial score (nSPS) is 13.5. The fraction of sp³-hybridized carbons (Fsp3) is 0.901. The van der Waals surface area contributed by atoms with Crippen LogP contribution in [-0.2, 0) is 27.9 Å². The number of esters is 1. The van der Waals surface area contributed by atoms with E-state index in [4.69, 9.17) is 13.8 Å². The van der Waals surface area contributed by atoms with E-state index in [1.165, 1.54) is 321 Å². The molecule has 0 fully saturated rings. The summed E-state index contributed by atoms with van der Waals surface area (Å²) in [5.74, 6) is -0.515. The molecule has 0 aliphatic rings. The lowest BCUT2D eigenvalue weighted by atomic mass is 10.0. The number of quaternary nitrogens is 1. The van der Waals surface area contributed by atoms with Gasteiger partial charge < -0.3 is 28.5 Å². The van der Waals surface area contributed by atoms with Gasteiger partial charge in [-0.3, -0.25) is 14.2 Å². The number of ether oxygens (including phenoxy) is 1. The third-order valence-electron chi connectivity index (χ3n) is 18.6. The maximum Gasteiger partial charge on any atom is 0.306 e. The average Bonchev–Trinajstić information content (AvgIpc) is 3.08. The maximum absolute atomic E-state index is 13.6. The number of hydrogen-bond donors (Lipinski definition) is 1. The number of unbranched alkanes of at least 4 members (excludes halogenated alkanes) is 55. The maximum atomic E-state index is 13.6. The highest BCUT2D eigenvalue weighted by molar-refractivity contribution is 7.45. The highest BCUT2D eigenvalue weighted by Crippen LogP contribution is 2.38. The summed E-state index contributed by atoms with van der Waals surface area (Å²) in [6, 6.07) is -0.885. The molecule has 9 nitrogen and oxygen atoms in total. The van der Waals surface area contributed by atoms with Gasteiger partial charge in [-0.1, -0.05) is 379 Å². The van der Waals surface area contributed by atoms with Crippen LogP contribution in [0, 0.1) is 0 Å². The first-order chi connectivity index (χ1) is 44.4. The summed E-state index contributed by atoms with van der Waals surface area (Å²) in [6.45, 7) is 6.90. The molecule has 3 atom stereocenters. The Morgan fingerprint density at radius 1 is 0.385 bits per heavy atom. The predicted octanol–water partition coefficient (Wildman–Crippen LogP) is 25.5. The van der Waals surface area contributed by atoms with Crippen molar-refractivity contribution in [3.63, 3.8) is 0 Å². The lowest BCUT2D eigenvalue weighted by molar-refractivity contribution is -0.870. The SMILES string of the molecule is CCCCC/C=C\C/C=C\CCCCCCCCCCCCCCCCCCCC(=O)NC(COP(=O)([O-])OCC[N+](C)(C)C)C(/C=C/CCCCCCCCCCC)OC(=O)CCCCCCCCCCCCCCCCCCCCCCCCCCCCC. The number of carbonyl (C=O) groups is 2. The quantitative estimate of drug-likeness (QED) is 0.0212. The molecule has 0 aliphatic heterocycles. The zero-order valence-electron chi connectivity index (χ0n) is 61.8. The van der Waals surface area contributed by atoms with Crippen LogP contribution < -0.4 is 10.2 Å². The van der Waals surface area contributed by atoms with Crippen molar-refractivity contribution >= 4 is 19.7 Å². The number of carbonyl (C=O) groups excluding carboxylic acids is 2. The minimum absolute atomic E-state index is 0.0185. The Morgan fingerprint density at radius 3 is 1.01 bits per heavy atom. The first kappa shape index (κ1) is 89.2. The second-order valence-electron chi connectivity index (χ2n) is 28.9. The summed E-state index contributed by atoms with van der Waals surface area (Å²) in [5, 5.41) is 3.06. The topological polar surface area (TPSA) is 114 Å². The van der Waals surface area contributed by atoms with Crippen LogP contribution in [-0.4, -0.2) is 69.4 Å². The number of phosphoric ester groups is 1. The highest BCUT2D eigenvalue weighted by Gasteiger charge is 2.27. The van der Waals surface area contributed by atoms with Crippen molar-refractivity contribution in [2.45, 2.75) is 431 Å². The molecular formula is C81H157N2O7P. The van der Waals surface area contributed by atoms with Gasteiger partial charge in [0.2, 0.25) is 5.91 Å². The molecule has 0 bridgehead atoms. The van der Waals surface area contributed by atoms with Crippen molar-refractivity contribution in [2.75, 3.05) is 40.9 Å². The molecule has 0 aromatic heterocycles. The van der Waals surface area contributed by atoms with Crippen molar-refractivity contribution in [3.05, 3.63) is 36.5 Å². The van der Waals surface area contributed by atoms with Crippen molar-refractivity contribution in [1.29, 1.82) is 0 Å². The Labute approximate surface area is 567 Å². The molecule has 1 N–H and O–H groups in total. The number of amides is 1. The lowest BCUT2D eigenvalue weighted by Gasteiger charge is -2.30. The fourth-order valence-electron chi connectivity index (χ4n) is 12.4. The van der Waals surface area contributed by atoms with Crippen LogP contribution in [0.3, 0.4) is 0 Å². The molecule has 0 rings (SSSR count). The van der Waals surface area contributed by atoms with Gasteiger partial charge in [-0.05, 0) is 63.9 Å². The summed E-state index contributed by atoms with van der Waals surface area (Å²) < 4.78 is 30.5. The van der Waals surface area contributed by atoms with Crippen LogP contribution in [0.1, 0.15) is 419 Å². The van der Waals surface area contributed by atoms with Gasteiger partial charge in [0.15, 0.2) is 0 Å². The Hall–Kier alpha value is -1.77. The number of likely N-dealkylation sites (N-methyl/N-ethyl adjacent to an activating group) is 1. The summed E-state index contributed by atoms with van der Waals surface area (Å²) in [5.41, 5.74) is 0. The zero-order valence-corrected chi connectivity index (χ0v) is 62.7. The number of allylic oxidation sites excluding steroid dienone is 5. The van der Waals surface area contributed by atoms with Crippen molar-refractivity contribution in [3.8, 4) is 0 Å². The van der Waals surface area contributed by atoms with Crippen LogP contribution in [0.5, 0.6) is 0 Å². The first-order valence-electron chi connectivity index (χ1n) is 40.3. The van der Waals surface area contributed by atoms with Crippen molar-refractivity contribution in [2.24, 2.45) is 0 Å². The predicted molar refractivity (Wildman–Crippen MR) is 395 cm³/mol. The number of phosphoric acid groups is 1. The smallest absolute Gasteiger partial charge is 0.306 e. The van der Waals surface area contributed by atoms with Gasteiger partial charge >= 0.3 is 5.97 Å². The van der Waals surface area contributed by atoms with E-state index in [0.717, 1.165) is 64.2 Å². The molecule has 0 heterocycles. The van der Waals surface area contributed by atoms with E-state index in [1.807, 2.05) is 33.3 Å². The molecule has 0 aromatic rings. The molecule has 10 heteroatoms. The zero-order chi connectivity index (χ0) is 66.3. The van der Waals surface area contributed by atoms with Gasteiger partial charge in [-0.15, -0.1) is 0 Å². The third kappa shape index (κ3) is 72.3. The summed E-state index contributed by atoms with van der Waals surface area (Å²) in [6.07, 6.45) is 90.2. The van der Waals surface area contributed by atoms with E-state index < -0.39 is 20.0 Å². The van der Waals surface area contributed by atoms with Gasteiger partial charge in [-0.25, -0.2) is 0 Å². The Balaban J connectivity index is 4.82. The minimum atomic E-state index is -4.70. The summed E-state index contributed by atoms with van der Waals surface area (Å²) in [7, 11) is 1.21. The molecule has 0 aliphatic carbocycles. The van der Waals surface area contributed by atoms with Crippen LogP contribution >= 0.6 is 7.82 Å². The lowest BCUT2D eigenvalue weighted by Crippen LogP contribution is -2.47. The number of hydrogen-bond acceptors (Lipinski definition) is 7. The Bertz CT molecular complexity index is 1650. The average molecular weight is 1300 g/mol. The molecule has 538 valence electrons. The van der Waals surface area contributed by atoms with E-state index in [-0.39, 0.29) is 31.5 Å². The molecule has 91 heavy (non-hydrogen) atoms. The van der Waals surface area contributed by atoms with Gasteiger partial charge in [0.1, 0.15) is 19.3 Å². The largest absolute Gasteiger partial charge is 0.756 e. The van der Waals surface area contributed by atoms with Crippen molar-refractivity contribution < 1.29 is 37.3 Å². The molecule has 0 spiro atoms. The Kier molecular flexibility index (Phi) is 69.6. The standard InChI is InChI=1S/C81H157N2O7P/c1-7-10-13-16-19-22-25-27-29-31-33-35-37-39-41-43-45-47-49-51-53-55-58-61-64-67-70-73-80(84)82-78(77-89-91(86,87)88-76-75-83(4,5)6)79(72-69-66-63-60-57-24-21-18-15-12-9-3)90-81(85)74-71-68-65-62-59-56-54-52-50-48-46-44-42-40-38-36-34-32-30-28-26-23-20-17-14-11-8-2/h19,22,27,29,69,72,78-79H,7-18,20-21,23-26,28,30-68,70-71,73-77H2,1-6H3,(H-,82,84,86,87)/b22-19-,29-27-,72-69+. The minimum Gasteiger partial charge on any atom is -0.756 e. The van der Waals surface area contributed by atoms with Crippen LogP contribution in [0.2, 0.25) is 0 Å². The number of nitrogens with one attached hydrogen (secondary N) is 1. The van der Waals surface area contributed by atoms with Crippen molar-refractivity contribution in [1.82, 2.24) is 5.32 Å². The van der Waals surface area contributed by atoms with E-state index >= 15 is 0 Å². The molecule has 0 aromatic carbocycles.